The van der Waals surface area contributed by atoms with Gasteiger partial charge in [-0.15, -0.1) is 0 Å². The van der Waals surface area contributed by atoms with Crippen LogP contribution in [-0.2, 0) is 11.3 Å². The van der Waals surface area contributed by atoms with Crippen LogP contribution in [0.5, 0.6) is 0 Å². The SMILES string of the molecule is O=C(Cn1ccccc1=O)Nc1ccc(NC(=O)c2ccco2)cc1. The first kappa shape index (κ1) is 16.3. The number of pyridine rings is 1. The van der Waals surface area contributed by atoms with E-state index in [9.17, 15) is 14.4 Å². The molecule has 0 aliphatic carbocycles. The molecule has 2 N–H and O–H groups in total. The lowest BCUT2D eigenvalue weighted by Crippen LogP contribution is -2.26. The van der Waals surface area contributed by atoms with Gasteiger partial charge in [0.25, 0.3) is 11.5 Å². The molecule has 0 saturated carbocycles. The fourth-order valence-electron chi connectivity index (χ4n) is 2.18. The van der Waals surface area contributed by atoms with Crippen LogP contribution in [0.2, 0.25) is 0 Å². The maximum Gasteiger partial charge on any atom is 0.291 e. The summed E-state index contributed by atoms with van der Waals surface area (Å²) in [5, 5.41) is 5.38. The largest absolute Gasteiger partial charge is 0.459 e. The zero-order valence-electron chi connectivity index (χ0n) is 13.1. The Kier molecular flexibility index (Phi) is 4.75. The van der Waals surface area contributed by atoms with E-state index >= 15 is 0 Å². The molecule has 2 amide bonds. The lowest BCUT2D eigenvalue weighted by Gasteiger charge is -2.08. The second-order valence-electron chi connectivity index (χ2n) is 5.22. The van der Waals surface area contributed by atoms with E-state index in [0.717, 1.165) is 0 Å². The highest BCUT2D eigenvalue weighted by atomic mass is 16.3. The van der Waals surface area contributed by atoms with E-state index in [1.807, 2.05) is 0 Å². The fourth-order valence-corrected chi connectivity index (χ4v) is 2.18. The van der Waals surface area contributed by atoms with Crippen molar-refractivity contribution in [3.63, 3.8) is 0 Å². The van der Waals surface area contributed by atoms with E-state index in [0.29, 0.717) is 11.4 Å². The summed E-state index contributed by atoms with van der Waals surface area (Å²) >= 11 is 0. The van der Waals surface area contributed by atoms with Gasteiger partial charge in [0.1, 0.15) is 6.54 Å². The number of benzene rings is 1. The summed E-state index contributed by atoms with van der Waals surface area (Å²) in [4.78, 5) is 35.5. The second kappa shape index (κ2) is 7.31. The molecule has 126 valence electrons. The number of hydrogen-bond donors (Lipinski definition) is 2. The monoisotopic (exact) mass is 337 g/mol. The van der Waals surface area contributed by atoms with Gasteiger partial charge in [-0.1, -0.05) is 6.07 Å². The van der Waals surface area contributed by atoms with Crippen molar-refractivity contribution in [2.45, 2.75) is 6.54 Å². The number of hydrogen-bond acceptors (Lipinski definition) is 4. The Labute approximate surface area is 142 Å². The van der Waals surface area contributed by atoms with E-state index in [-0.39, 0.29) is 29.7 Å². The number of carbonyl (C=O) groups excluding carboxylic acids is 2. The number of amides is 2. The van der Waals surface area contributed by atoms with Gasteiger partial charge in [-0.05, 0) is 42.5 Å². The summed E-state index contributed by atoms with van der Waals surface area (Å²) in [6, 6.07) is 14.5. The van der Waals surface area contributed by atoms with Crippen molar-refractivity contribution in [1.82, 2.24) is 4.57 Å². The third-order valence-corrected chi connectivity index (χ3v) is 3.38. The zero-order chi connectivity index (χ0) is 17.6. The number of rotatable bonds is 5. The summed E-state index contributed by atoms with van der Waals surface area (Å²) in [6.07, 6.45) is 2.97. The average molecular weight is 337 g/mol. The number of anilines is 2. The van der Waals surface area contributed by atoms with Crippen LogP contribution >= 0.6 is 0 Å². The molecule has 0 radical (unpaired) electrons. The first-order chi connectivity index (χ1) is 12.1. The molecule has 25 heavy (non-hydrogen) atoms. The number of aromatic nitrogens is 1. The molecular formula is C18H15N3O4. The van der Waals surface area contributed by atoms with Gasteiger partial charge in [0.15, 0.2) is 5.76 Å². The van der Waals surface area contributed by atoms with Crippen molar-refractivity contribution in [3.8, 4) is 0 Å². The van der Waals surface area contributed by atoms with Crippen molar-refractivity contribution in [2.24, 2.45) is 0 Å². The molecule has 2 aromatic heterocycles. The summed E-state index contributed by atoms with van der Waals surface area (Å²) < 4.78 is 6.33. The second-order valence-corrected chi connectivity index (χ2v) is 5.22. The quantitative estimate of drug-likeness (QED) is 0.747. The average Bonchev–Trinajstić information content (AvgIpc) is 3.13. The van der Waals surface area contributed by atoms with Crippen molar-refractivity contribution in [1.29, 1.82) is 0 Å². The number of nitrogens with one attached hydrogen (secondary N) is 2. The van der Waals surface area contributed by atoms with E-state index in [4.69, 9.17) is 4.42 Å². The molecule has 7 nitrogen and oxygen atoms in total. The number of nitrogens with zero attached hydrogens (tertiary/aromatic N) is 1. The smallest absolute Gasteiger partial charge is 0.291 e. The van der Waals surface area contributed by atoms with Gasteiger partial charge >= 0.3 is 0 Å². The van der Waals surface area contributed by atoms with Gasteiger partial charge in [0, 0.05) is 23.6 Å². The summed E-state index contributed by atoms with van der Waals surface area (Å²) in [7, 11) is 0. The highest BCUT2D eigenvalue weighted by Crippen LogP contribution is 2.15. The maximum absolute atomic E-state index is 12.0. The van der Waals surface area contributed by atoms with Crippen molar-refractivity contribution >= 4 is 23.2 Å². The lowest BCUT2D eigenvalue weighted by atomic mass is 10.2. The van der Waals surface area contributed by atoms with Gasteiger partial charge in [0.05, 0.1) is 6.26 Å². The van der Waals surface area contributed by atoms with Crippen LogP contribution in [0.1, 0.15) is 10.6 Å². The molecule has 3 aromatic rings. The van der Waals surface area contributed by atoms with Gasteiger partial charge < -0.3 is 19.6 Å². The number of furan rings is 1. The molecule has 1 aromatic carbocycles. The molecule has 0 fully saturated rings. The Morgan fingerprint density at radius 2 is 1.64 bits per heavy atom. The first-order valence-electron chi connectivity index (χ1n) is 7.52. The molecule has 0 unspecified atom stereocenters. The summed E-state index contributed by atoms with van der Waals surface area (Å²) in [5.41, 5.74) is 0.886. The van der Waals surface area contributed by atoms with Crippen molar-refractivity contribution in [3.05, 3.63) is 83.2 Å². The lowest BCUT2D eigenvalue weighted by molar-refractivity contribution is -0.116. The highest BCUT2D eigenvalue weighted by molar-refractivity contribution is 6.02. The normalized spacial score (nSPS) is 10.2. The Hall–Kier alpha value is -3.61. The van der Waals surface area contributed by atoms with Crippen LogP contribution in [0.15, 0.2) is 76.3 Å². The number of carbonyl (C=O) groups is 2. The highest BCUT2D eigenvalue weighted by Gasteiger charge is 2.09. The maximum atomic E-state index is 12.0. The third-order valence-electron chi connectivity index (χ3n) is 3.38. The minimum atomic E-state index is -0.356. The predicted molar refractivity (Wildman–Crippen MR) is 92.4 cm³/mol. The molecule has 2 heterocycles. The fraction of sp³-hybridized carbons (Fsp3) is 0.0556. The summed E-state index contributed by atoms with van der Waals surface area (Å²) in [6.45, 7) is -0.0728. The van der Waals surface area contributed by atoms with Crippen LogP contribution in [0.3, 0.4) is 0 Å². The molecule has 7 heteroatoms. The molecule has 0 aliphatic heterocycles. The van der Waals surface area contributed by atoms with Gasteiger partial charge in [-0.2, -0.15) is 0 Å². The van der Waals surface area contributed by atoms with Crippen molar-refractivity contribution in [2.75, 3.05) is 10.6 Å². The Bertz CT molecular complexity index is 927. The molecule has 0 spiro atoms. The van der Waals surface area contributed by atoms with Crippen LogP contribution < -0.4 is 16.2 Å². The first-order valence-corrected chi connectivity index (χ1v) is 7.52. The van der Waals surface area contributed by atoms with Crippen LogP contribution in [0, 0.1) is 0 Å². The van der Waals surface area contributed by atoms with Crippen molar-refractivity contribution < 1.29 is 14.0 Å². The van der Waals surface area contributed by atoms with E-state index in [1.54, 1.807) is 54.7 Å². The van der Waals surface area contributed by atoms with Crippen LogP contribution in [0.25, 0.3) is 0 Å². The summed E-state index contributed by atoms with van der Waals surface area (Å²) in [5.74, 6) is -0.461. The van der Waals surface area contributed by atoms with Crippen LogP contribution in [-0.4, -0.2) is 16.4 Å². The molecule has 0 aliphatic rings. The third kappa shape index (κ3) is 4.23. The Morgan fingerprint density at radius 1 is 0.920 bits per heavy atom. The van der Waals surface area contributed by atoms with Gasteiger partial charge in [0.2, 0.25) is 5.91 Å². The van der Waals surface area contributed by atoms with Crippen LogP contribution in [0.4, 0.5) is 11.4 Å². The molecular weight excluding hydrogens is 322 g/mol. The Morgan fingerprint density at radius 3 is 2.28 bits per heavy atom. The van der Waals surface area contributed by atoms with E-state index in [1.165, 1.54) is 16.9 Å². The van der Waals surface area contributed by atoms with E-state index in [2.05, 4.69) is 10.6 Å². The Balaban J connectivity index is 1.59. The molecule has 0 saturated heterocycles. The molecule has 0 bridgehead atoms. The predicted octanol–water partition coefficient (Wildman–Crippen LogP) is 2.33. The van der Waals surface area contributed by atoms with E-state index < -0.39 is 0 Å². The van der Waals surface area contributed by atoms with Gasteiger partial charge in [-0.25, -0.2) is 0 Å². The topological polar surface area (TPSA) is 93.3 Å². The van der Waals surface area contributed by atoms with Gasteiger partial charge in [-0.3, -0.25) is 14.4 Å². The minimum absolute atomic E-state index is 0.0728. The minimum Gasteiger partial charge on any atom is -0.459 e. The standard InChI is InChI=1S/C18H15N3O4/c22-16(12-21-10-2-1-5-17(21)23)19-13-6-8-14(9-7-13)20-18(24)15-4-3-11-25-15/h1-11H,12H2,(H,19,22)(H,20,24). The zero-order valence-corrected chi connectivity index (χ0v) is 13.1. The molecule has 3 rings (SSSR count). The molecule has 0 atom stereocenters.